The van der Waals surface area contributed by atoms with E-state index in [1.54, 1.807) is 0 Å². The predicted octanol–water partition coefficient (Wildman–Crippen LogP) is 3.73. The van der Waals surface area contributed by atoms with Crippen LogP contribution >= 0.6 is 0 Å². The van der Waals surface area contributed by atoms with Crippen molar-refractivity contribution in [2.45, 2.75) is 25.4 Å². The molecule has 0 amide bonds. The third-order valence-electron chi connectivity index (χ3n) is 4.41. The van der Waals surface area contributed by atoms with Gasteiger partial charge in [-0.1, -0.05) is 42.5 Å². The van der Waals surface area contributed by atoms with Gasteiger partial charge in [0.15, 0.2) is 0 Å². The van der Waals surface area contributed by atoms with Crippen LogP contribution in [0.25, 0.3) is 0 Å². The lowest BCUT2D eigenvalue weighted by atomic mass is 9.88. The molecule has 0 spiro atoms. The van der Waals surface area contributed by atoms with Crippen LogP contribution in [0.5, 0.6) is 0 Å². The van der Waals surface area contributed by atoms with Gasteiger partial charge in [0.25, 0.3) is 0 Å². The van der Waals surface area contributed by atoms with Crippen LogP contribution in [-0.2, 0) is 11.3 Å². The van der Waals surface area contributed by atoms with E-state index in [-0.39, 0.29) is 6.04 Å². The summed E-state index contributed by atoms with van der Waals surface area (Å²) in [6.07, 6.45) is 2.13. The van der Waals surface area contributed by atoms with E-state index in [9.17, 15) is 0 Å². The topological polar surface area (TPSA) is 47.3 Å². The Bertz CT molecular complexity index is 562. The molecular weight excluding hydrogens is 272 g/mol. The maximum absolute atomic E-state index is 6.41. The summed E-state index contributed by atoms with van der Waals surface area (Å²) in [6.45, 7) is 2.52. The van der Waals surface area contributed by atoms with Crippen LogP contribution in [0, 0.1) is 5.92 Å². The molecule has 3 nitrogen and oxygen atoms in total. The summed E-state index contributed by atoms with van der Waals surface area (Å²) < 4.78 is 5.41. The number of benzene rings is 2. The van der Waals surface area contributed by atoms with Gasteiger partial charge >= 0.3 is 0 Å². The van der Waals surface area contributed by atoms with Crippen molar-refractivity contribution in [2.75, 3.05) is 18.5 Å². The first-order chi connectivity index (χ1) is 10.8. The van der Waals surface area contributed by atoms with Crippen LogP contribution < -0.4 is 11.1 Å². The zero-order valence-corrected chi connectivity index (χ0v) is 12.9. The van der Waals surface area contributed by atoms with E-state index in [1.807, 2.05) is 6.07 Å². The molecule has 0 saturated carbocycles. The largest absolute Gasteiger partial charge is 0.381 e. The summed E-state index contributed by atoms with van der Waals surface area (Å²) in [7, 11) is 0. The number of rotatable bonds is 5. The van der Waals surface area contributed by atoms with Crippen molar-refractivity contribution in [3.8, 4) is 0 Å². The summed E-state index contributed by atoms with van der Waals surface area (Å²) in [5.41, 5.74) is 10.0. The van der Waals surface area contributed by atoms with Crippen LogP contribution in [-0.4, -0.2) is 13.2 Å². The van der Waals surface area contributed by atoms with Crippen LogP contribution in [0.4, 0.5) is 5.69 Å². The van der Waals surface area contributed by atoms with Crippen molar-refractivity contribution in [3.63, 3.8) is 0 Å². The summed E-state index contributed by atoms with van der Waals surface area (Å²) in [4.78, 5) is 0. The molecule has 1 saturated heterocycles. The second-order valence-corrected chi connectivity index (χ2v) is 5.94. The predicted molar refractivity (Wildman–Crippen MR) is 90.7 cm³/mol. The molecule has 1 fully saturated rings. The van der Waals surface area contributed by atoms with Gasteiger partial charge in [-0.05, 0) is 42.0 Å². The molecule has 3 N–H and O–H groups in total. The zero-order valence-electron chi connectivity index (χ0n) is 12.9. The molecule has 2 aromatic rings. The van der Waals surface area contributed by atoms with E-state index < -0.39 is 0 Å². The van der Waals surface area contributed by atoms with Gasteiger partial charge in [-0.25, -0.2) is 0 Å². The molecule has 3 rings (SSSR count). The summed E-state index contributed by atoms with van der Waals surface area (Å²) >= 11 is 0. The second kappa shape index (κ2) is 7.43. The normalized spacial score (nSPS) is 17.1. The Labute approximate surface area is 132 Å². The first kappa shape index (κ1) is 15.1. The van der Waals surface area contributed by atoms with Crippen LogP contribution in [0.15, 0.2) is 54.6 Å². The van der Waals surface area contributed by atoms with Crippen LogP contribution in [0.3, 0.4) is 0 Å². The number of nitrogens with one attached hydrogen (secondary N) is 1. The summed E-state index contributed by atoms with van der Waals surface area (Å²) in [6, 6.07) is 19.1. The molecule has 1 aliphatic heterocycles. The highest BCUT2D eigenvalue weighted by atomic mass is 16.5. The van der Waals surface area contributed by atoms with Gasteiger partial charge in [-0.2, -0.15) is 0 Å². The van der Waals surface area contributed by atoms with Gasteiger partial charge in [-0.15, -0.1) is 0 Å². The number of ether oxygens (including phenoxy) is 1. The maximum atomic E-state index is 6.41. The third-order valence-corrected chi connectivity index (χ3v) is 4.41. The first-order valence-electron chi connectivity index (χ1n) is 8.04. The summed E-state index contributed by atoms with van der Waals surface area (Å²) in [5.74, 6) is 0.539. The van der Waals surface area contributed by atoms with Gasteiger partial charge in [0.05, 0.1) is 0 Å². The van der Waals surface area contributed by atoms with Gasteiger partial charge in [0.1, 0.15) is 0 Å². The molecule has 3 heteroatoms. The van der Waals surface area contributed by atoms with Gasteiger partial charge < -0.3 is 15.8 Å². The third kappa shape index (κ3) is 3.87. The standard InChI is InChI=1S/C19H24N2O/c20-19(17-10-12-22-13-11-17)16-6-8-18(9-7-16)21-14-15-4-2-1-3-5-15/h1-9,17,19,21H,10-14,20H2/t19-/m0/s1. The molecule has 0 bridgehead atoms. The molecule has 0 aliphatic carbocycles. The van der Waals surface area contributed by atoms with E-state index in [2.05, 4.69) is 53.8 Å². The highest BCUT2D eigenvalue weighted by Crippen LogP contribution is 2.28. The smallest absolute Gasteiger partial charge is 0.0469 e. The quantitative estimate of drug-likeness (QED) is 0.884. The molecule has 116 valence electrons. The second-order valence-electron chi connectivity index (χ2n) is 5.94. The monoisotopic (exact) mass is 296 g/mol. The lowest BCUT2D eigenvalue weighted by Gasteiger charge is -2.28. The Morgan fingerprint density at radius 2 is 1.68 bits per heavy atom. The number of anilines is 1. The lowest BCUT2D eigenvalue weighted by Crippen LogP contribution is -2.27. The summed E-state index contributed by atoms with van der Waals surface area (Å²) in [5, 5.41) is 3.45. The van der Waals surface area contributed by atoms with Gasteiger partial charge in [0, 0.05) is 31.5 Å². The molecule has 0 aromatic heterocycles. The Hall–Kier alpha value is -1.84. The highest BCUT2D eigenvalue weighted by Gasteiger charge is 2.22. The zero-order chi connectivity index (χ0) is 15.2. The molecule has 0 unspecified atom stereocenters. The van der Waals surface area contributed by atoms with Crippen molar-refractivity contribution >= 4 is 5.69 Å². The molecule has 1 aliphatic rings. The Kier molecular flexibility index (Phi) is 5.09. The number of hydrogen-bond acceptors (Lipinski definition) is 3. The Morgan fingerprint density at radius 3 is 2.36 bits per heavy atom. The van der Waals surface area contributed by atoms with Crippen molar-refractivity contribution in [1.29, 1.82) is 0 Å². The van der Waals surface area contributed by atoms with E-state index in [0.717, 1.165) is 38.3 Å². The first-order valence-corrected chi connectivity index (χ1v) is 8.04. The Morgan fingerprint density at radius 1 is 1.00 bits per heavy atom. The molecule has 22 heavy (non-hydrogen) atoms. The molecule has 2 aromatic carbocycles. The highest BCUT2D eigenvalue weighted by molar-refractivity contribution is 5.45. The fourth-order valence-corrected chi connectivity index (χ4v) is 2.97. The minimum absolute atomic E-state index is 0.118. The average Bonchev–Trinajstić information content (AvgIpc) is 2.61. The average molecular weight is 296 g/mol. The molecule has 1 heterocycles. The molecule has 1 atom stereocenters. The minimum atomic E-state index is 0.118. The fraction of sp³-hybridized carbons (Fsp3) is 0.368. The SMILES string of the molecule is N[C@@H](c1ccc(NCc2ccccc2)cc1)C1CCOCC1. The minimum Gasteiger partial charge on any atom is -0.381 e. The van der Waals surface area contributed by atoms with Crippen molar-refractivity contribution in [1.82, 2.24) is 0 Å². The van der Waals surface area contributed by atoms with Crippen molar-refractivity contribution in [2.24, 2.45) is 11.7 Å². The number of nitrogens with two attached hydrogens (primary N) is 1. The molecular formula is C19H24N2O. The lowest BCUT2D eigenvalue weighted by molar-refractivity contribution is 0.0584. The van der Waals surface area contributed by atoms with E-state index >= 15 is 0 Å². The van der Waals surface area contributed by atoms with E-state index in [4.69, 9.17) is 10.5 Å². The molecule has 0 radical (unpaired) electrons. The van der Waals surface area contributed by atoms with E-state index in [0.29, 0.717) is 5.92 Å². The number of hydrogen-bond donors (Lipinski definition) is 2. The maximum Gasteiger partial charge on any atom is 0.0469 e. The van der Waals surface area contributed by atoms with Gasteiger partial charge in [-0.3, -0.25) is 0 Å². The van der Waals surface area contributed by atoms with Crippen LogP contribution in [0.2, 0.25) is 0 Å². The van der Waals surface area contributed by atoms with Gasteiger partial charge in [0.2, 0.25) is 0 Å². The Balaban J connectivity index is 1.57. The fourth-order valence-electron chi connectivity index (χ4n) is 2.97. The van der Waals surface area contributed by atoms with E-state index in [1.165, 1.54) is 11.1 Å². The van der Waals surface area contributed by atoms with Crippen molar-refractivity contribution in [3.05, 3.63) is 65.7 Å². The van der Waals surface area contributed by atoms with Crippen molar-refractivity contribution < 1.29 is 4.74 Å². The van der Waals surface area contributed by atoms with Crippen LogP contribution in [0.1, 0.15) is 30.0 Å².